The van der Waals surface area contributed by atoms with Gasteiger partial charge >= 0.3 is 0 Å². The Labute approximate surface area is 121 Å². The molecule has 1 atom stereocenters. The summed E-state index contributed by atoms with van der Waals surface area (Å²) in [4.78, 5) is 23.9. The van der Waals surface area contributed by atoms with Crippen LogP contribution in [0, 0.1) is 5.82 Å². The number of amides is 1. The third-order valence-electron chi connectivity index (χ3n) is 3.06. The van der Waals surface area contributed by atoms with Gasteiger partial charge in [-0.15, -0.1) is 0 Å². The summed E-state index contributed by atoms with van der Waals surface area (Å²) < 4.78 is 19.4. The van der Waals surface area contributed by atoms with Gasteiger partial charge in [-0.3, -0.25) is 9.59 Å². The maximum Gasteiger partial charge on any atom is 0.251 e. The molecule has 1 heterocycles. The molecule has 21 heavy (non-hydrogen) atoms. The summed E-state index contributed by atoms with van der Waals surface area (Å²) in [5.41, 5.74) is 0.0420. The number of nitrogens with zero attached hydrogens (tertiary/aromatic N) is 1. The van der Waals surface area contributed by atoms with E-state index in [1.54, 1.807) is 24.3 Å². The Balaban J connectivity index is 2.24. The van der Waals surface area contributed by atoms with Gasteiger partial charge in [0.25, 0.3) is 5.56 Å². The van der Waals surface area contributed by atoms with Crippen molar-refractivity contribution >= 4 is 11.6 Å². The van der Waals surface area contributed by atoms with E-state index in [9.17, 15) is 14.0 Å². The van der Waals surface area contributed by atoms with E-state index >= 15 is 0 Å². The van der Waals surface area contributed by atoms with Crippen LogP contribution in [0.25, 0.3) is 0 Å². The van der Waals surface area contributed by atoms with E-state index in [2.05, 4.69) is 5.32 Å². The second kappa shape index (κ2) is 6.21. The highest BCUT2D eigenvalue weighted by Crippen LogP contribution is 2.23. The first-order chi connectivity index (χ1) is 10.0. The molecule has 2 aromatic rings. The van der Waals surface area contributed by atoms with E-state index in [-0.39, 0.29) is 0 Å². The topological polar surface area (TPSA) is 60.3 Å². The number of benzene rings is 1. The fourth-order valence-corrected chi connectivity index (χ4v) is 1.89. The van der Waals surface area contributed by atoms with Crippen LogP contribution in [0.3, 0.4) is 0 Å². The first kappa shape index (κ1) is 14.8. The number of pyridine rings is 1. The van der Waals surface area contributed by atoms with Crippen LogP contribution in [-0.2, 0) is 4.79 Å². The van der Waals surface area contributed by atoms with E-state index in [4.69, 9.17) is 4.74 Å². The van der Waals surface area contributed by atoms with E-state index < -0.39 is 23.3 Å². The quantitative estimate of drug-likeness (QED) is 0.939. The standard InChI is InChI=1S/C15H15FN2O3/c1-10(18-9-11(16)7-8-14(18)19)15(20)17-12-5-3-4-6-13(12)21-2/h3-10H,1-2H3,(H,17,20). The van der Waals surface area contributed by atoms with Gasteiger partial charge in [-0.2, -0.15) is 0 Å². The van der Waals surface area contributed by atoms with Gasteiger partial charge in [0, 0.05) is 12.3 Å². The Kier molecular flexibility index (Phi) is 4.37. The van der Waals surface area contributed by atoms with Crippen molar-refractivity contribution in [2.75, 3.05) is 12.4 Å². The molecule has 0 saturated heterocycles. The SMILES string of the molecule is COc1ccccc1NC(=O)C(C)n1cc(F)ccc1=O. The van der Waals surface area contributed by atoms with Crippen molar-refractivity contribution < 1.29 is 13.9 Å². The number of nitrogens with one attached hydrogen (secondary N) is 1. The maximum absolute atomic E-state index is 13.2. The van der Waals surface area contributed by atoms with Gasteiger partial charge in [-0.25, -0.2) is 4.39 Å². The van der Waals surface area contributed by atoms with E-state index in [1.807, 2.05) is 0 Å². The molecular weight excluding hydrogens is 275 g/mol. The van der Waals surface area contributed by atoms with Gasteiger partial charge in [0.1, 0.15) is 17.6 Å². The number of methoxy groups -OCH3 is 1. The fraction of sp³-hybridized carbons (Fsp3) is 0.200. The lowest BCUT2D eigenvalue weighted by Crippen LogP contribution is -2.31. The molecule has 1 N–H and O–H groups in total. The lowest BCUT2D eigenvalue weighted by atomic mass is 10.2. The van der Waals surface area contributed by atoms with Gasteiger partial charge in [0.15, 0.2) is 0 Å². The molecular formula is C15H15FN2O3. The fourth-order valence-electron chi connectivity index (χ4n) is 1.89. The average Bonchev–Trinajstić information content (AvgIpc) is 2.49. The number of para-hydroxylation sites is 2. The number of halogens is 1. The number of aromatic nitrogens is 1. The van der Waals surface area contributed by atoms with Crippen LogP contribution in [0.2, 0.25) is 0 Å². The van der Waals surface area contributed by atoms with Crippen molar-refractivity contribution in [1.82, 2.24) is 4.57 Å². The molecule has 2 rings (SSSR count). The Morgan fingerprint density at radius 3 is 2.71 bits per heavy atom. The minimum Gasteiger partial charge on any atom is -0.495 e. The monoisotopic (exact) mass is 290 g/mol. The molecule has 5 nitrogen and oxygen atoms in total. The average molecular weight is 290 g/mol. The Morgan fingerprint density at radius 2 is 2.00 bits per heavy atom. The van der Waals surface area contributed by atoms with E-state index in [0.717, 1.165) is 22.9 Å². The van der Waals surface area contributed by atoms with Crippen molar-refractivity contribution in [2.45, 2.75) is 13.0 Å². The molecule has 1 amide bonds. The molecule has 0 saturated carbocycles. The zero-order valence-corrected chi connectivity index (χ0v) is 11.7. The molecule has 0 bridgehead atoms. The summed E-state index contributed by atoms with van der Waals surface area (Å²) in [5, 5.41) is 2.66. The molecule has 0 aliphatic rings. The number of carbonyl (C=O) groups excluding carboxylic acids is 1. The Hall–Kier alpha value is -2.63. The second-order valence-electron chi connectivity index (χ2n) is 4.46. The zero-order chi connectivity index (χ0) is 15.4. The summed E-state index contributed by atoms with van der Waals surface area (Å²) in [6.07, 6.45) is 1.01. The Bertz CT molecular complexity index is 712. The number of rotatable bonds is 4. The third kappa shape index (κ3) is 3.28. The van der Waals surface area contributed by atoms with Crippen molar-refractivity contribution in [1.29, 1.82) is 0 Å². The number of hydrogen-bond donors (Lipinski definition) is 1. The molecule has 1 unspecified atom stereocenters. The third-order valence-corrected chi connectivity index (χ3v) is 3.06. The highest BCUT2D eigenvalue weighted by atomic mass is 19.1. The van der Waals surface area contributed by atoms with Gasteiger partial charge in [0.05, 0.1) is 12.8 Å². The number of carbonyl (C=O) groups is 1. The summed E-state index contributed by atoms with van der Waals surface area (Å²) in [5.74, 6) is -0.511. The summed E-state index contributed by atoms with van der Waals surface area (Å²) in [6.45, 7) is 1.52. The Morgan fingerprint density at radius 1 is 1.29 bits per heavy atom. The maximum atomic E-state index is 13.2. The molecule has 0 fully saturated rings. The molecule has 1 aromatic heterocycles. The summed E-state index contributed by atoms with van der Waals surface area (Å²) in [6, 6.07) is 8.20. The number of anilines is 1. The zero-order valence-electron chi connectivity index (χ0n) is 11.7. The van der Waals surface area contributed by atoms with Crippen LogP contribution in [0.4, 0.5) is 10.1 Å². The highest BCUT2D eigenvalue weighted by Gasteiger charge is 2.17. The second-order valence-corrected chi connectivity index (χ2v) is 4.46. The molecule has 0 aliphatic heterocycles. The van der Waals surface area contributed by atoms with E-state index in [1.165, 1.54) is 14.0 Å². The van der Waals surface area contributed by atoms with Crippen molar-refractivity contribution in [2.24, 2.45) is 0 Å². The van der Waals surface area contributed by atoms with Crippen LogP contribution in [0.15, 0.2) is 47.4 Å². The van der Waals surface area contributed by atoms with Gasteiger partial charge in [-0.1, -0.05) is 12.1 Å². The summed E-state index contributed by atoms with van der Waals surface area (Å²) in [7, 11) is 1.49. The van der Waals surface area contributed by atoms with Crippen LogP contribution in [0.5, 0.6) is 5.75 Å². The van der Waals surface area contributed by atoms with Crippen LogP contribution in [0.1, 0.15) is 13.0 Å². The van der Waals surface area contributed by atoms with Crippen LogP contribution < -0.4 is 15.6 Å². The molecule has 6 heteroatoms. The predicted molar refractivity (Wildman–Crippen MR) is 77.0 cm³/mol. The number of ether oxygens (including phenoxy) is 1. The van der Waals surface area contributed by atoms with E-state index in [0.29, 0.717) is 11.4 Å². The number of hydrogen-bond acceptors (Lipinski definition) is 3. The molecule has 1 aromatic carbocycles. The molecule has 110 valence electrons. The molecule has 0 aliphatic carbocycles. The minimum absolute atomic E-state index is 0.438. The van der Waals surface area contributed by atoms with Gasteiger partial charge < -0.3 is 14.6 Å². The molecule has 0 spiro atoms. The van der Waals surface area contributed by atoms with Gasteiger partial charge in [-0.05, 0) is 25.1 Å². The smallest absolute Gasteiger partial charge is 0.251 e. The molecule has 0 radical (unpaired) electrons. The lowest BCUT2D eigenvalue weighted by Gasteiger charge is -2.16. The van der Waals surface area contributed by atoms with Crippen molar-refractivity contribution in [3.63, 3.8) is 0 Å². The largest absolute Gasteiger partial charge is 0.495 e. The van der Waals surface area contributed by atoms with Crippen LogP contribution >= 0.6 is 0 Å². The highest BCUT2D eigenvalue weighted by molar-refractivity contribution is 5.94. The normalized spacial score (nSPS) is 11.8. The summed E-state index contributed by atoms with van der Waals surface area (Å²) >= 11 is 0. The lowest BCUT2D eigenvalue weighted by molar-refractivity contribution is -0.118. The minimum atomic E-state index is -0.849. The first-order valence-electron chi connectivity index (χ1n) is 6.34. The van der Waals surface area contributed by atoms with Crippen LogP contribution in [-0.4, -0.2) is 17.6 Å². The van der Waals surface area contributed by atoms with Crippen molar-refractivity contribution in [3.05, 3.63) is 58.8 Å². The predicted octanol–water partition coefficient (Wildman–Crippen LogP) is 2.20. The first-order valence-corrected chi connectivity index (χ1v) is 6.34. The van der Waals surface area contributed by atoms with Gasteiger partial charge in [0.2, 0.25) is 5.91 Å². The van der Waals surface area contributed by atoms with Crippen molar-refractivity contribution in [3.8, 4) is 5.75 Å².